The second kappa shape index (κ2) is 13.3. The van der Waals surface area contributed by atoms with Crippen LogP contribution >= 0.6 is 11.3 Å². The summed E-state index contributed by atoms with van der Waals surface area (Å²) in [6.07, 6.45) is 5.12. The molecule has 2 saturated heterocycles. The number of carbonyl (C=O) groups is 1. The van der Waals surface area contributed by atoms with Crippen LogP contribution in [0.2, 0.25) is 0 Å². The summed E-state index contributed by atoms with van der Waals surface area (Å²) in [5.41, 5.74) is 3.39. The molecule has 42 heavy (non-hydrogen) atoms. The van der Waals surface area contributed by atoms with E-state index >= 15 is 0 Å². The zero-order chi connectivity index (χ0) is 28.9. The SMILES string of the molecule is COc1cc2sc(-c3ccc(OCCN4CCCC4)cc3)c(C(=O)c3ccc(OCCN4CCCC4)cc3)c2cc1C. The Bertz CT molecular complexity index is 1500. The topological polar surface area (TPSA) is 51.2 Å². The molecule has 7 heteroatoms. The lowest BCUT2D eigenvalue weighted by Gasteiger charge is -2.15. The maximum absolute atomic E-state index is 14.1. The van der Waals surface area contributed by atoms with Gasteiger partial charge in [0.1, 0.15) is 30.5 Å². The lowest BCUT2D eigenvalue weighted by molar-refractivity contribution is 0.104. The molecule has 3 heterocycles. The summed E-state index contributed by atoms with van der Waals surface area (Å²) in [6, 6.07) is 19.9. The molecule has 2 aliphatic rings. The van der Waals surface area contributed by atoms with Crippen molar-refractivity contribution in [2.45, 2.75) is 32.6 Å². The molecule has 1 aromatic heterocycles. The Kier molecular flexibility index (Phi) is 9.08. The Balaban J connectivity index is 1.23. The normalized spacial score (nSPS) is 15.9. The predicted octanol–water partition coefficient (Wildman–Crippen LogP) is 7.07. The average Bonchev–Trinajstić information content (AvgIpc) is 3.79. The summed E-state index contributed by atoms with van der Waals surface area (Å²) in [4.78, 5) is 20.0. The lowest BCUT2D eigenvalue weighted by atomic mass is 9.96. The van der Waals surface area contributed by atoms with Crippen LogP contribution in [0.4, 0.5) is 0 Å². The minimum Gasteiger partial charge on any atom is -0.496 e. The van der Waals surface area contributed by atoms with Crippen molar-refractivity contribution in [3.63, 3.8) is 0 Å². The average molecular weight is 585 g/mol. The number of ether oxygens (including phenoxy) is 3. The third kappa shape index (κ3) is 6.48. The van der Waals surface area contributed by atoms with Gasteiger partial charge in [-0.1, -0.05) is 0 Å². The fourth-order valence-corrected chi connectivity index (χ4v) is 7.24. The van der Waals surface area contributed by atoms with E-state index in [0.29, 0.717) is 18.8 Å². The van der Waals surface area contributed by atoms with Crippen molar-refractivity contribution >= 4 is 27.2 Å². The molecule has 6 nitrogen and oxygen atoms in total. The van der Waals surface area contributed by atoms with Gasteiger partial charge in [0.2, 0.25) is 0 Å². The fourth-order valence-electron chi connectivity index (χ4n) is 6.03. The number of rotatable bonds is 12. The van der Waals surface area contributed by atoms with Gasteiger partial charge in [0.25, 0.3) is 0 Å². The number of nitrogens with zero attached hydrogens (tertiary/aromatic N) is 2. The van der Waals surface area contributed by atoms with Crippen LogP contribution in [0.15, 0.2) is 60.7 Å². The van der Waals surface area contributed by atoms with Crippen LogP contribution in [0, 0.1) is 6.92 Å². The Hall–Kier alpha value is -3.39. The van der Waals surface area contributed by atoms with Gasteiger partial charge in [0, 0.05) is 39.2 Å². The number of benzene rings is 3. The van der Waals surface area contributed by atoms with Gasteiger partial charge in [-0.2, -0.15) is 0 Å². The first-order valence-corrected chi connectivity index (χ1v) is 16.0. The van der Waals surface area contributed by atoms with E-state index in [9.17, 15) is 4.79 Å². The van der Waals surface area contributed by atoms with Crippen molar-refractivity contribution in [3.05, 3.63) is 77.4 Å². The standard InChI is InChI=1S/C35H40N2O4S/c1-25-23-30-32(24-31(25)39-2)42-35(27-9-13-29(14-10-27)41-22-20-37-17-5-6-18-37)33(30)34(38)26-7-11-28(12-8-26)40-21-19-36-15-3-4-16-36/h7-14,23-24H,3-6,15-22H2,1-2H3. The molecule has 0 bridgehead atoms. The van der Waals surface area contributed by atoms with Crippen molar-refractivity contribution in [1.82, 2.24) is 9.80 Å². The van der Waals surface area contributed by atoms with Crippen LogP contribution in [0.5, 0.6) is 17.2 Å². The van der Waals surface area contributed by atoms with Gasteiger partial charge >= 0.3 is 0 Å². The van der Waals surface area contributed by atoms with Crippen molar-refractivity contribution < 1.29 is 19.0 Å². The van der Waals surface area contributed by atoms with E-state index in [1.54, 1.807) is 18.4 Å². The van der Waals surface area contributed by atoms with Gasteiger partial charge in [0.15, 0.2) is 5.78 Å². The second-order valence-electron chi connectivity index (χ2n) is 11.3. The van der Waals surface area contributed by atoms with E-state index in [0.717, 1.165) is 75.1 Å². The van der Waals surface area contributed by atoms with Crippen molar-refractivity contribution in [3.8, 4) is 27.7 Å². The smallest absolute Gasteiger partial charge is 0.195 e. The highest BCUT2D eigenvalue weighted by atomic mass is 32.1. The molecule has 0 atom stereocenters. The maximum atomic E-state index is 14.1. The van der Waals surface area contributed by atoms with Crippen LogP contribution in [0.25, 0.3) is 20.5 Å². The van der Waals surface area contributed by atoms with E-state index in [-0.39, 0.29) is 5.78 Å². The van der Waals surface area contributed by atoms with Gasteiger partial charge in [-0.3, -0.25) is 14.6 Å². The quantitative estimate of drug-likeness (QED) is 0.166. The number of ketones is 1. The molecule has 0 N–H and O–H groups in total. The molecule has 0 saturated carbocycles. The lowest BCUT2D eigenvalue weighted by Crippen LogP contribution is -2.25. The van der Waals surface area contributed by atoms with Gasteiger partial charge in [-0.25, -0.2) is 0 Å². The van der Waals surface area contributed by atoms with Gasteiger partial charge < -0.3 is 14.2 Å². The molecule has 2 fully saturated rings. The summed E-state index contributed by atoms with van der Waals surface area (Å²) >= 11 is 1.63. The number of fused-ring (bicyclic) bond motifs is 1. The van der Waals surface area contributed by atoms with E-state index in [1.807, 2.05) is 49.4 Å². The third-order valence-corrected chi connectivity index (χ3v) is 9.62. The number of likely N-dealkylation sites (tertiary alicyclic amines) is 2. The van der Waals surface area contributed by atoms with E-state index < -0.39 is 0 Å². The number of hydrogen-bond acceptors (Lipinski definition) is 7. The van der Waals surface area contributed by atoms with Gasteiger partial charge in [-0.15, -0.1) is 11.3 Å². The zero-order valence-corrected chi connectivity index (χ0v) is 25.5. The van der Waals surface area contributed by atoms with Gasteiger partial charge in [0.05, 0.1) is 7.11 Å². The molecule has 3 aromatic carbocycles. The fraction of sp³-hybridized carbons (Fsp3) is 0.400. The number of aryl methyl sites for hydroxylation is 1. The Morgan fingerprint density at radius 1 is 0.786 bits per heavy atom. The maximum Gasteiger partial charge on any atom is 0.195 e. The highest BCUT2D eigenvalue weighted by molar-refractivity contribution is 7.22. The molecular formula is C35H40N2O4S. The first kappa shape index (κ1) is 28.7. The summed E-state index contributed by atoms with van der Waals surface area (Å²) in [7, 11) is 1.69. The third-order valence-electron chi connectivity index (χ3n) is 8.42. The van der Waals surface area contributed by atoms with Crippen LogP contribution < -0.4 is 14.2 Å². The molecule has 2 aliphatic heterocycles. The van der Waals surface area contributed by atoms with E-state index in [4.69, 9.17) is 14.2 Å². The number of carbonyl (C=O) groups excluding carboxylic acids is 1. The molecule has 220 valence electrons. The molecule has 6 rings (SSSR count). The highest BCUT2D eigenvalue weighted by Crippen LogP contribution is 2.42. The highest BCUT2D eigenvalue weighted by Gasteiger charge is 2.23. The molecule has 0 spiro atoms. The largest absolute Gasteiger partial charge is 0.496 e. The van der Waals surface area contributed by atoms with E-state index in [2.05, 4.69) is 28.0 Å². The minimum atomic E-state index is 0.00960. The van der Waals surface area contributed by atoms with Crippen LogP contribution in [0.3, 0.4) is 0 Å². The molecule has 4 aromatic rings. The van der Waals surface area contributed by atoms with Crippen molar-refractivity contribution in [2.24, 2.45) is 0 Å². The molecule has 0 unspecified atom stereocenters. The predicted molar refractivity (Wildman–Crippen MR) is 171 cm³/mol. The van der Waals surface area contributed by atoms with E-state index in [1.165, 1.54) is 38.8 Å². The van der Waals surface area contributed by atoms with Crippen LogP contribution in [-0.4, -0.2) is 75.2 Å². The number of methoxy groups -OCH3 is 1. The molecule has 0 amide bonds. The van der Waals surface area contributed by atoms with Gasteiger partial charge in [-0.05, 0) is 131 Å². The number of thiophene rings is 1. The number of hydrogen-bond donors (Lipinski definition) is 0. The zero-order valence-electron chi connectivity index (χ0n) is 24.7. The molecular weight excluding hydrogens is 544 g/mol. The van der Waals surface area contributed by atoms with Crippen LogP contribution in [-0.2, 0) is 0 Å². The Labute approximate surface area is 252 Å². The summed E-state index contributed by atoms with van der Waals surface area (Å²) in [6.45, 7) is 9.92. The molecule has 0 radical (unpaired) electrons. The van der Waals surface area contributed by atoms with Crippen molar-refractivity contribution in [1.29, 1.82) is 0 Å². The Morgan fingerprint density at radius 3 is 1.88 bits per heavy atom. The first-order chi connectivity index (χ1) is 20.6. The summed E-state index contributed by atoms with van der Waals surface area (Å²) in [5, 5.41) is 0.954. The molecule has 0 aliphatic carbocycles. The summed E-state index contributed by atoms with van der Waals surface area (Å²) in [5.74, 6) is 2.48. The van der Waals surface area contributed by atoms with Crippen molar-refractivity contribution in [2.75, 3.05) is 59.6 Å². The minimum absolute atomic E-state index is 0.00960. The Morgan fingerprint density at radius 2 is 1.33 bits per heavy atom. The second-order valence-corrected chi connectivity index (χ2v) is 12.3. The van der Waals surface area contributed by atoms with Crippen LogP contribution in [0.1, 0.15) is 47.2 Å². The summed E-state index contributed by atoms with van der Waals surface area (Å²) < 4.78 is 18.7. The monoisotopic (exact) mass is 584 g/mol. The first-order valence-electron chi connectivity index (χ1n) is 15.2.